The molecule has 0 fully saturated rings. The van der Waals surface area contributed by atoms with Crippen molar-refractivity contribution in [3.63, 3.8) is 0 Å². The lowest BCUT2D eigenvalue weighted by Crippen LogP contribution is -2.19. The highest BCUT2D eigenvalue weighted by atomic mass is 16.6. The van der Waals surface area contributed by atoms with Crippen LogP contribution in [0.4, 0.5) is 5.88 Å². The second kappa shape index (κ2) is 5.26. The minimum absolute atomic E-state index is 0.228. The Morgan fingerprint density at radius 3 is 3.06 bits per heavy atom. The SMILES string of the molecule is O=[N+]([O-])c1ccc(CNCCn2cccn2)o1. The Kier molecular flexibility index (Phi) is 3.51. The van der Waals surface area contributed by atoms with Crippen LogP contribution in [0.3, 0.4) is 0 Å². The van der Waals surface area contributed by atoms with Gasteiger partial charge in [0.05, 0.1) is 19.2 Å². The summed E-state index contributed by atoms with van der Waals surface area (Å²) in [5.74, 6) is 0.325. The average molecular weight is 236 g/mol. The molecule has 0 spiro atoms. The van der Waals surface area contributed by atoms with Crippen molar-refractivity contribution in [3.8, 4) is 0 Å². The monoisotopic (exact) mass is 236 g/mol. The number of rotatable bonds is 6. The number of nitrogens with one attached hydrogen (secondary N) is 1. The lowest BCUT2D eigenvalue weighted by atomic mass is 10.4. The van der Waals surface area contributed by atoms with Gasteiger partial charge >= 0.3 is 5.88 Å². The first-order chi connectivity index (χ1) is 8.25. The van der Waals surface area contributed by atoms with Crippen LogP contribution >= 0.6 is 0 Å². The lowest BCUT2D eigenvalue weighted by molar-refractivity contribution is -0.402. The van der Waals surface area contributed by atoms with Crippen molar-refractivity contribution in [1.82, 2.24) is 15.1 Å². The molecule has 2 heterocycles. The molecule has 2 aromatic heterocycles. The summed E-state index contributed by atoms with van der Waals surface area (Å²) >= 11 is 0. The molecule has 7 nitrogen and oxygen atoms in total. The summed E-state index contributed by atoms with van der Waals surface area (Å²) in [5.41, 5.74) is 0. The number of nitrogens with zero attached hydrogens (tertiary/aromatic N) is 3. The zero-order valence-corrected chi connectivity index (χ0v) is 9.07. The summed E-state index contributed by atoms with van der Waals surface area (Å²) in [7, 11) is 0. The molecule has 0 unspecified atom stereocenters. The van der Waals surface area contributed by atoms with E-state index in [9.17, 15) is 10.1 Å². The number of hydrogen-bond acceptors (Lipinski definition) is 5. The molecule has 2 aromatic rings. The van der Waals surface area contributed by atoms with Gasteiger partial charge < -0.3 is 9.73 Å². The molecule has 0 radical (unpaired) electrons. The molecule has 0 aromatic carbocycles. The molecular weight excluding hydrogens is 224 g/mol. The quantitative estimate of drug-likeness (QED) is 0.462. The van der Waals surface area contributed by atoms with Crippen molar-refractivity contribution < 1.29 is 9.34 Å². The summed E-state index contributed by atoms with van der Waals surface area (Å²) < 4.78 is 6.80. The van der Waals surface area contributed by atoms with Gasteiger partial charge in [0, 0.05) is 18.9 Å². The molecule has 2 rings (SSSR count). The summed E-state index contributed by atoms with van der Waals surface area (Å²) in [6.07, 6.45) is 3.59. The van der Waals surface area contributed by atoms with Crippen LogP contribution in [0.25, 0.3) is 0 Å². The van der Waals surface area contributed by atoms with E-state index in [-0.39, 0.29) is 5.88 Å². The Morgan fingerprint density at radius 2 is 2.41 bits per heavy atom. The molecule has 0 aliphatic heterocycles. The third kappa shape index (κ3) is 3.15. The highest BCUT2D eigenvalue weighted by Gasteiger charge is 2.10. The summed E-state index contributed by atoms with van der Waals surface area (Å²) in [6, 6.07) is 4.81. The fourth-order valence-corrected chi connectivity index (χ4v) is 1.40. The average Bonchev–Trinajstić information content (AvgIpc) is 2.96. The molecule has 7 heteroatoms. The van der Waals surface area contributed by atoms with Crippen molar-refractivity contribution in [2.45, 2.75) is 13.1 Å². The van der Waals surface area contributed by atoms with Crippen LogP contribution in [0.2, 0.25) is 0 Å². The highest BCUT2D eigenvalue weighted by Crippen LogP contribution is 2.14. The third-order valence-corrected chi connectivity index (χ3v) is 2.20. The van der Waals surface area contributed by atoms with Gasteiger partial charge in [-0.25, -0.2) is 0 Å². The van der Waals surface area contributed by atoms with Crippen molar-refractivity contribution in [2.75, 3.05) is 6.54 Å². The van der Waals surface area contributed by atoms with E-state index in [1.165, 1.54) is 6.07 Å². The molecule has 1 N–H and O–H groups in total. The predicted molar refractivity (Wildman–Crippen MR) is 59.3 cm³/mol. The fraction of sp³-hybridized carbons (Fsp3) is 0.300. The molecule has 0 bridgehead atoms. The number of hydrogen-bond donors (Lipinski definition) is 1. The standard InChI is InChI=1S/C10H12N4O3/c15-14(16)10-3-2-9(17-10)8-11-5-7-13-6-1-4-12-13/h1-4,6,11H,5,7-8H2. The van der Waals surface area contributed by atoms with Gasteiger partial charge in [0.2, 0.25) is 0 Å². The maximum atomic E-state index is 10.4. The Hall–Kier alpha value is -2.15. The topological polar surface area (TPSA) is 86.1 Å². The zero-order valence-electron chi connectivity index (χ0n) is 9.07. The van der Waals surface area contributed by atoms with Crippen LogP contribution in [-0.4, -0.2) is 21.2 Å². The molecule has 17 heavy (non-hydrogen) atoms. The Morgan fingerprint density at radius 1 is 1.53 bits per heavy atom. The van der Waals surface area contributed by atoms with Gasteiger partial charge in [-0.1, -0.05) is 0 Å². The second-order valence-electron chi connectivity index (χ2n) is 3.44. The number of nitro groups is 1. The van der Waals surface area contributed by atoms with Crippen molar-refractivity contribution >= 4 is 5.88 Å². The molecule has 0 saturated carbocycles. The molecule has 0 amide bonds. The zero-order chi connectivity index (χ0) is 12.1. The van der Waals surface area contributed by atoms with Crippen LogP contribution in [0, 0.1) is 10.1 Å². The van der Waals surface area contributed by atoms with E-state index in [4.69, 9.17) is 4.42 Å². The Balaban J connectivity index is 1.72. The largest absolute Gasteiger partial charge is 0.433 e. The van der Waals surface area contributed by atoms with Gasteiger partial charge in [-0.05, 0) is 12.1 Å². The van der Waals surface area contributed by atoms with Crippen molar-refractivity contribution in [3.05, 3.63) is 46.5 Å². The fourth-order valence-electron chi connectivity index (χ4n) is 1.40. The van der Waals surface area contributed by atoms with Gasteiger partial charge in [-0.3, -0.25) is 14.8 Å². The lowest BCUT2D eigenvalue weighted by Gasteiger charge is -2.02. The van der Waals surface area contributed by atoms with E-state index in [2.05, 4.69) is 10.4 Å². The van der Waals surface area contributed by atoms with E-state index in [1.54, 1.807) is 16.9 Å². The number of furan rings is 1. The highest BCUT2D eigenvalue weighted by molar-refractivity contribution is 5.17. The van der Waals surface area contributed by atoms with Crippen LogP contribution in [0.1, 0.15) is 5.76 Å². The number of aromatic nitrogens is 2. The van der Waals surface area contributed by atoms with Gasteiger partial charge in [0.15, 0.2) is 0 Å². The van der Waals surface area contributed by atoms with Crippen molar-refractivity contribution in [1.29, 1.82) is 0 Å². The third-order valence-electron chi connectivity index (χ3n) is 2.20. The van der Waals surface area contributed by atoms with Crippen LogP contribution < -0.4 is 5.32 Å². The summed E-state index contributed by atoms with van der Waals surface area (Å²) in [6.45, 7) is 1.93. The minimum Gasteiger partial charge on any atom is -0.404 e. The van der Waals surface area contributed by atoms with E-state index < -0.39 is 4.92 Å². The molecule has 0 saturated heterocycles. The second-order valence-corrected chi connectivity index (χ2v) is 3.44. The predicted octanol–water partition coefficient (Wildman–Crippen LogP) is 1.17. The first kappa shape index (κ1) is 11.3. The molecule has 0 aliphatic carbocycles. The summed E-state index contributed by atoms with van der Waals surface area (Å²) in [5, 5.41) is 17.5. The maximum Gasteiger partial charge on any atom is 0.433 e. The summed E-state index contributed by atoms with van der Waals surface area (Å²) in [4.78, 5) is 9.83. The molecule has 90 valence electrons. The maximum absolute atomic E-state index is 10.4. The van der Waals surface area contributed by atoms with E-state index in [0.717, 1.165) is 13.1 Å². The van der Waals surface area contributed by atoms with Crippen LogP contribution in [0.15, 0.2) is 35.0 Å². The van der Waals surface area contributed by atoms with E-state index in [0.29, 0.717) is 12.3 Å². The normalized spacial score (nSPS) is 10.6. The first-order valence-electron chi connectivity index (χ1n) is 5.17. The first-order valence-corrected chi connectivity index (χ1v) is 5.17. The van der Waals surface area contributed by atoms with Gasteiger partial charge in [-0.15, -0.1) is 0 Å². The van der Waals surface area contributed by atoms with E-state index >= 15 is 0 Å². The van der Waals surface area contributed by atoms with Crippen molar-refractivity contribution in [2.24, 2.45) is 0 Å². The van der Waals surface area contributed by atoms with E-state index in [1.807, 2.05) is 12.3 Å². The molecule has 0 aliphatic rings. The molecule has 0 atom stereocenters. The van der Waals surface area contributed by atoms with Crippen LogP contribution in [0.5, 0.6) is 0 Å². The van der Waals surface area contributed by atoms with Gasteiger partial charge in [0.25, 0.3) is 0 Å². The smallest absolute Gasteiger partial charge is 0.404 e. The van der Waals surface area contributed by atoms with Gasteiger partial charge in [0.1, 0.15) is 10.7 Å². The Labute approximate surface area is 97.2 Å². The molecular formula is C10H12N4O3. The Bertz CT molecular complexity index is 477. The minimum atomic E-state index is -0.548. The van der Waals surface area contributed by atoms with Crippen LogP contribution in [-0.2, 0) is 13.1 Å². The van der Waals surface area contributed by atoms with Gasteiger partial charge in [-0.2, -0.15) is 5.10 Å².